The summed E-state index contributed by atoms with van der Waals surface area (Å²) in [5.74, 6) is 0.336. The molecule has 1 saturated heterocycles. The average molecular weight is 335 g/mol. The largest absolute Gasteiger partial charge is 0.376 e. The van der Waals surface area contributed by atoms with Crippen molar-refractivity contribution in [1.29, 1.82) is 0 Å². The van der Waals surface area contributed by atoms with Crippen molar-refractivity contribution in [3.05, 3.63) is 50.3 Å². The zero-order chi connectivity index (χ0) is 16.0. The quantitative estimate of drug-likeness (QED) is 0.689. The fourth-order valence-corrected chi connectivity index (χ4v) is 3.48. The number of nitro benzene ring substituents is 1. The summed E-state index contributed by atoms with van der Waals surface area (Å²) in [6.45, 7) is 2.96. The van der Waals surface area contributed by atoms with Gasteiger partial charge in [0.1, 0.15) is 0 Å². The number of fused-ring (bicyclic) bond motifs is 1. The molecule has 1 aromatic carbocycles. The molecule has 0 radical (unpaired) electrons. The zero-order valence-corrected chi connectivity index (χ0v) is 13.0. The van der Waals surface area contributed by atoms with Gasteiger partial charge in [-0.2, -0.15) is 5.10 Å². The number of nitrogens with zero attached hydrogens (tertiary/aromatic N) is 3. The van der Waals surface area contributed by atoms with Crippen LogP contribution >= 0.6 is 11.6 Å². The van der Waals surface area contributed by atoms with E-state index in [-0.39, 0.29) is 5.69 Å². The second-order valence-corrected chi connectivity index (χ2v) is 6.27. The summed E-state index contributed by atoms with van der Waals surface area (Å²) >= 11 is 6.18. The first kappa shape index (κ1) is 14.5. The number of aromatic nitrogens is 2. The molecule has 2 aromatic rings. The van der Waals surface area contributed by atoms with E-state index in [1.54, 1.807) is 6.07 Å². The van der Waals surface area contributed by atoms with Gasteiger partial charge in [0.05, 0.1) is 34.5 Å². The molecule has 0 aliphatic carbocycles. The van der Waals surface area contributed by atoms with Crippen LogP contribution < -0.4 is 4.90 Å². The van der Waals surface area contributed by atoms with Crippen molar-refractivity contribution in [2.24, 2.45) is 0 Å². The maximum atomic E-state index is 10.8. The number of hydrogen-bond acceptors (Lipinski definition) is 5. The highest BCUT2D eigenvalue weighted by atomic mass is 35.5. The number of hydrogen-bond donors (Lipinski definition) is 1. The lowest BCUT2D eigenvalue weighted by Gasteiger charge is -2.41. The Balaban J connectivity index is 1.49. The Morgan fingerprint density at radius 2 is 2.26 bits per heavy atom. The predicted octanol–water partition coefficient (Wildman–Crippen LogP) is 2.65. The molecule has 0 spiro atoms. The molecule has 0 atom stereocenters. The smallest absolute Gasteiger partial charge is 0.271 e. The molecule has 3 heterocycles. The maximum Gasteiger partial charge on any atom is 0.271 e. The molecule has 7 nitrogen and oxygen atoms in total. The molecule has 1 aromatic heterocycles. The van der Waals surface area contributed by atoms with Gasteiger partial charge < -0.3 is 9.64 Å². The number of benzene rings is 1. The van der Waals surface area contributed by atoms with E-state index in [4.69, 9.17) is 16.3 Å². The lowest BCUT2D eigenvalue weighted by molar-refractivity contribution is -0.384. The second kappa shape index (κ2) is 5.50. The molecule has 1 fully saturated rings. The van der Waals surface area contributed by atoms with Gasteiger partial charge in [-0.15, -0.1) is 0 Å². The molecule has 0 saturated carbocycles. The fourth-order valence-electron chi connectivity index (χ4n) is 3.19. The Labute approximate surface area is 137 Å². The number of non-ortho nitro benzene ring substituents is 1. The molecule has 23 heavy (non-hydrogen) atoms. The number of ether oxygens (including phenoxy) is 1. The maximum absolute atomic E-state index is 10.8. The fraction of sp³-hybridized carbons (Fsp3) is 0.400. The average Bonchev–Trinajstić information content (AvgIpc) is 2.91. The number of H-pyrrole nitrogens is 1. The van der Waals surface area contributed by atoms with E-state index < -0.39 is 4.92 Å². The first-order valence-electron chi connectivity index (χ1n) is 7.46. The van der Waals surface area contributed by atoms with Crippen LogP contribution in [-0.4, -0.2) is 34.8 Å². The number of rotatable bonds is 3. The summed E-state index contributed by atoms with van der Waals surface area (Å²) in [6.07, 6.45) is 0.882. The van der Waals surface area contributed by atoms with Gasteiger partial charge in [0.2, 0.25) is 0 Å². The van der Waals surface area contributed by atoms with Crippen molar-refractivity contribution in [3.8, 4) is 0 Å². The highest BCUT2D eigenvalue weighted by Crippen LogP contribution is 2.38. The van der Waals surface area contributed by atoms with Gasteiger partial charge in [-0.05, 0) is 6.07 Å². The Kier molecular flexibility index (Phi) is 3.46. The summed E-state index contributed by atoms with van der Waals surface area (Å²) in [5.41, 5.74) is 4.28. The van der Waals surface area contributed by atoms with Crippen LogP contribution in [0, 0.1) is 10.1 Å². The molecule has 2 aliphatic rings. The van der Waals surface area contributed by atoms with Gasteiger partial charge in [0.25, 0.3) is 5.69 Å². The van der Waals surface area contributed by atoms with E-state index in [2.05, 4.69) is 15.1 Å². The van der Waals surface area contributed by atoms with E-state index >= 15 is 0 Å². The van der Waals surface area contributed by atoms with E-state index in [0.29, 0.717) is 17.5 Å². The summed E-state index contributed by atoms with van der Waals surface area (Å²) in [4.78, 5) is 12.4. The van der Waals surface area contributed by atoms with Crippen LogP contribution in [0.15, 0.2) is 18.2 Å². The highest BCUT2D eigenvalue weighted by molar-refractivity contribution is 6.33. The topological polar surface area (TPSA) is 84.3 Å². The lowest BCUT2D eigenvalue weighted by Crippen LogP contribution is -2.45. The standard InChI is InChI=1S/C15H15ClN4O3/c16-12-5-10(20(21)22)1-2-14(12)19-6-9(7-19)15-11-8-23-4-3-13(11)17-18-15/h1-2,5,9H,3-4,6-8H2,(H,17,18). The lowest BCUT2D eigenvalue weighted by atomic mass is 9.91. The number of anilines is 1. The molecule has 0 unspecified atom stereocenters. The summed E-state index contributed by atoms with van der Waals surface area (Å²) < 4.78 is 5.52. The molecule has 8 heteroatoms. The van der Waals surface area contributed by atoms with Crippen molar-refractivity contribution in [3.63, 3.8) is 0 Å². The number of aromatic amines is 1. The van der Waals surface area contributed by atoms with Gasteiger partial charge in [-0.3, -0.25) is 15.2 Å². The van der Waals surface area contributed by atoms with Gasteiger partial charge >= 0.3 is 0 Å². The van der Waals surface area contributed by atoms with E-state index in [1.807, 2.05) is 0 Å². The van der Waals surface area contributed by atoms with Crippen LogP contribution in [-0.2, 0) is 17.8 Å². The van der Waals surface area contributed by atoms with Crippen LogP contribution in [0.2, 0.25) is 5.02 Å². The third-order valence-corrected chi connectivity index (χ3v) is 4.78. The Morgan fingerprint density at radius 1 is 1.43 bits per heavy atom. The van der Waals surface area contributed by atoms with Crippen LogP contribution in [0.3, 0.4) is 0 Å². The molecule has 0 amide bonds. The minimum absolute atomic E-state index is 0.00865. The van der Waals surface area contributed by atoms with E-state index in [9.17, 15) is 10.1 Å². The van der Waals surface area contributed by atoms with Crippen LogP contribution in [0.25, 0.3) is 0 Å². The first-order chi connectivity index (χ1) is 11.1. The normalized spacial score (nSPS) is 17.7. The van der Waals surface area contributed by atoms with Crippen LogP contribution in [0.4, 0.5) is 11.4 Å². The second-order valence-electron chi connectivity index (χ2n) is 5.86. The molecular weight excluding hydrogens is 320 g/mol. The van der Waals surface area contributed by atoms with E-state index in [0.717, 1.165) is 37.5 Å². The summed E-state index contributed by atoms with van der Waals surface area (Å²) in [7, 11) is 0. The Bertz CT molecular complexity index is 770. The third kappa shape index (κ3) is 2.46. The first-order valence-corrected chi connectivity index (χ1v) is 7.84. The number of halogens is 1. The molecule has 0 bridgehead atoms. The number of nitrogens with one attached hydrogen (secondary N) is 1. The van der Waals surface area contributed by atoms with Crippen molar-refractivity contribution in [1.82, 2.24) is 10.2 Å². The van der Waals surface area contributed by atoms with Crippen molar-refractivity contribution in [2.45, 2.75) is 18.9 Å². The molecular formula is C15H15ClN4O3. The van der Waals surface area contributed by atoms with Crippen LogP contribution in [0.5, 0.6) is 0 Å². The van der Waals surface area contributed by atoms with Gasteiger partial charge in [-0.25, -0.2) is 0 Å². The minimum Gasteiger partial charge on any atom is -0.376 e. The number of nitro groups is 1. The molecule has 120 valence electrons. The predicted molar refractivity (Wildman–Crippen MR) is 85.0 cm³/mol. The van der Waals surface area contributed by atoms with Crippen molar-refractivity contribution < 1.29 is 9.66 Å². The van der Waals surface area contributed by atoms with Crippen molar-refractivity contribution in [2.75, 3.05) is 24.6 Å². The summed E-state index contributed by atoms with van der Waals surface area (Å²) in [6, 6.07) is 4.59. The Hall–Kier alpha value is -2.12. The monoisotopic (exact) mass is 334 g/mol. The highest BCUT2D eigenvalue weighted by Gasteiger charge is 2.34. The minimum atomic E-state index is -0.440. The van der Waals surface area contributed by atoms with Crippen molar-refractivity contribution >= 4 is 23.0 Å². The van der Waals surface area contributed by atoms with Gasteiger partial charge in [-0.1, -0.05) is 11.6 Å². The van der Waals surface area contributed by atoms with E-state index in [1.165, 1.54) is 23.4 Å². The van der Waals surface area contributed by atoms with Crippen LogP contribution in [0.1, 0.15) is 22.9 Å². The SMILES string of the molecule is O=[N+]([O-])c1ccc(N2CC(c3n[nH]c4c3COCC4)C2)c(Cl)c1. The third-order valence-electron chi connectivity index (χ3n) is 4.48. The van der Waals surface area contributed by atoms with Gasteiger partial charge in [0, 0.05) is 48.8 Å². The summed E-state index contributed by atoms with van der Waals surface area (Å²) in [5, 5.41) is 18.7. The zero-order valence-electron chi connectivity index (χ0n) is 12.3. The Morgan fingerprint density at radius 3 is 3.00 bits per heavy atom. The molecule has 2 aliphatic heterocycles. The molecule has 1 N–H and O–H groups in total. The van der Waals surface area contributed by atoms with Gasteiger partial charge in [0.15, 0.2) is 0 Å². The molecule has 4 rings (SSSR count).